The lowest BCUT2D eigenvalue weighted by Gasteiger charge is -2.17. The minimum absolute atomic E-state index is 0.0435. The molecule has 1 heterocycles. The summed E-state index contributed by atoms with van der Waals surface area (Å²) < 4.78 is 0. The first-order valence-corrected chi connectivity index (χ1v) is 8.69. The molecule has 0 spiro atoms. The van der Waals surface area contributed by atoms with Crippen LogP contribution in [0.5, 0.6) is 0 Å². The zero-order valence-electron chi connectivity index (χ0n) is 13.4. The average molecular weight is 341 g/mol. The second-order valence-corrected chi connectivity index (χ2v) is 6.42. The average Bonchev–Trinajstić information content (AvgIpc) is 3.02. The standard InChI is InChI=1S/C18H19N3O2S/c1-21(10-11-22)17(23)14-7-3-2-6-13(14)12-24-18-19-15-8-4-5-9-16(15)20-18/h2-9,22H,10-12H2,1H3,(H,19,20). The van der Waals surface area contributed by atoms with E-state index in [0.717, 1.165) is 21.8 Å². The summed E-state index contributed by atoms with van der Waals surface area (Å²) >= 11 is 1.57. The highest BCUT2D eigenvalue weighted by Crippen LogP contribution is 2.25. The molecular formula is C18H19N3O2S. The Hall–Kier alpha value is -2.31. The van der Waals surface area contributed by atoms with Crippen molar-refractivity contribution in [3.05, 3.63) is 59.7 Å². The number of hydrogen-bond donors (Lipinski definition) is 2. The van der Waals surface area contributed by atoms with E-state index in [1.807, 2.05) is 48.5 Å². The topological polar surface area (TPSA) is 69.2 Å². The number of fused-ring (bicyclic) bond motifs is 1. The zero-order chi connectivity index (χ0) is 16.9. The maximum absolute atomic E-state index is 12.5. The van der Waals surface area contributed by atoms with Crippen molar-refractivity contribution in [3.63, 3.8) is 0 Å². The molecule has 0 unspecified atom stereocenters. The lowest BCUT2D eigenvalue weighted by molar-refractivity contribution is 0.0766. The number of likely N-dealkylation sites (N-methyl/N-ethyl adjacent to an activating group) is 1. The Kier molecular flexibility index (Phi) is 5.17. The number of nitrogens with zero attached hydrogens (tertiary/aromatic N) is 2. The Morgan fingerprint density at radius 3 is 2.75 bits per heavy atom. The number of aromatic nitrogens is 2. The fourth-order valence-electron chi connectivity index (χ4n) is 2.46. The monoisotopic (exact) mass is 341 g/mol. The molecule has 3 aromatic rings. The summed E-state index contributed by atoms with van der Waals surface area (Å²) in [6.45, 7) is 0.280. The van der Waals surface area contributed by atoms with Crippen LogP contribution in [-0.2, 0) is 5.75 Å². The van der Waals surface area contributed by atoms with E-state index in [9.17, 15) is 4.79 Å². The molecule has 6 heteroatoms. The number of rotatable bonds is 6. The fourth-order valence-corrected chi connectivity index (χ4v) is 3.34. The van der Waals surface area contributed by atoms with Gasteiger partial charge in [0.2, 0.25) is 0 Å². The number of benzene rings is 2. The Balaban J connectivity index is 1.76. The molecule has 3 rings (SSSR count). The SMILES string of the molecule is CN(CCO)C(=O)c1ccccc1CSc1nc2ccccc2[nH]1. The van der Waals surface area contributed by atoms with E-state index in [1.54, 1.807) is 18.8 Å². The van der Waals surface area contributed by atoms with Crippen molar-refractivity contribution in [2.24, 2.45) is 0 Å². The predicted octanol–water partition coefficient (Wildman–Crippen LogP) is 2.92. The molecule has 0 aliphatic carbocycles. The molecule has 0 aliphatic heterocycles. The van der Waals surface area contributed by atoms with Crippen molar-refractivity contribution in [1.29, 1.82) is 0 Å². The minimum Gasteiger partial charge on any atom is -0.395 e. The lowest BCUT2D eigenvalue weighted by Crippen LogP contribution is -2.30. The quantitative estimate of drug-likeness (QED) is 0.677. The van der Waals surface area contributed by atoms with Crippen LogP contribution in [0.2, 0.25) is 0 Å². The van der Waals surface area contributed by atoms with Crippen LogP contribution < -0.4 is 0 Å². The van der Waals surface area contributed by atoms with Crippen LogP contribution in [0.4, 0.5) is 0 Å². The number of imidazole rings is 1. The molecule has 0 saturated carbocycles. The van der Waals surface area contributed by atoms with Crippen LogP contribution >= 0.6 is 11.8 Å². The van der Waals surface area contributed by atoms with Gasteiger partial charge < -0.3 is 15.0 Å². The molecule has 2 aromatic carbocycles. The fraction of sp³-hybridized carbons (Fsp3) is 0.222. The third-order valence-corrected chi connectivity index (χ3v) is 4.68. The van der Waals surface area contributed by atoms with Crippen molar-refractivity contribution in [1.82, 2.24) is 14.9 Å². The number of amides is 1. The zero-order valence-corrected chi connectivity index (χ0v) is 14.2. The van der Waals surface area contributed by atoms with Gasteiger partial charge in [-0.2, -0.15) is 0 Å². The normalized spacial score (nSPS) is 10.9. The van der Waals surface area contributed by atoms with E-state index in [-0.39, 0.29) is 12.5 Å². The van der Waals surface area contributed by atoms with Gasteiger partial charge in [-0.15, -0.1) is 0 Å². The van der Waals surface area contributed by atoms with Gasteiger partial charge in [-0.3, -0.25) is 4.79 Å². The molecule has 0 atom stereocenters. The highest BCUT2D eigenvalue weighted by molar-refractivity contribution is 7.98. The van der Waals surface area contributed by atoms with Gasteiger partial charge in [-0.25, -0.2) is 4.98 Å². The first-order chi connectivity index (χ1) is 11.7. The van der Waals surface area contributed by atoms with E-state index in [2.05, 4.69) is 9.97 Å². The molecule has 0 radical (unpaired) electrons. The lowest BCUT2D eigenvalue weighted by atomic mass is 10.1. The minimum atomic E-state index is -0.0788. The van der Waals surface area contributed by atoms with E-state index >= 15 is 0 Å². The maximum Gasteiger partial charge on any atom is 0.253 e. The van der Waals surface area contributed by atoms with Gasteiger partial charge >= 0.3 is 0 Å². The number of carbonyl (C=O) groups is 1. The summed E-state index contributed by atoms with van der Waals surface area (Å²) in [6.07, 6.45) is 0. The van der Waals surface area contributed by atoms with Crippen molar-refractivity contribution in [3.8, 4) is 0 Å². The molecule has 0 aliphatic rings. The van der Waals surface area contributed by atoms with Crippen LogP contribution in [0, 0.1) is 0 Å². The summed E-state index contributed by atoms with van der Waals surface area (Å²) in [4.78, 5) is 21.8. The summed E-state index contributed by atoms with van der Waals surface area (Å²) in [6, 6.07) is 15.5. The molecule has 5 nitrogen and oxygen atoms in total. The van der Waals surface area contributed by atoms with E-state index in [4.69, 9.17) is 5.11 Å². The summed E-state index contributed by atoms with van der Waals surface area (Å²) in [5, 5.41) is 9.85. The Bertz CT molecular complexity index is 814. The predicted molar refractivity (Wildman–Crippen MR) is 96.1 cm³/mol. The van der Waals surface area contributed by atoms with Gasteiger partial charge in [-0.05, 0) is 23.8 Å². The number of para-hydroxylation sites is 2. The number of H-pyrrole nitrogens is 1. The highest BCUT2D eigenvalue weighted by Gasteiger charge is 2.15. The summed E-state index contributed by atoms with van der Waals surface area (Å²) in [7, 11) is 1.70. The Morgan fingerprint density at radius 1 is 1.21 bits per heavy atom. The van der Waals surface area contributed by atoms with E-state index in [0.29, 0.717) is 17.9 Å². The van der Waals surface area contributed by atoms with Crippen LogP contribution in [-0.4, -0.2) is 46.1 Å². The molecule has 0 bridgehead atoms. The summed E-state index contributed by atoms with van der Waals surface area (Å²) in [5.41, 5.74) is 3.56. The summed E-state index contributed by atoms with van der Waals surface area (Å²) in [5.74, 6) is 0.569. The number of carbonyl (C=O) groups excluding carboxylic acids is 1. The van der Waals surface area contributed by atoms with Crippen LogP contribution in [0.3, 0.4) is 0 Å². The van der Waals surface area contributed by atoms with Crippen LogP contribution in [0.25, 0.3) is 11.0 Å². The van der Waals surface area contributed by atoms with Gasteiger partial charge in [-0.1, -0.05) is 42.1 Å². The van der Waals surface area contributed by atoms with Crippen LogP contribution in [0.1, 0.15) is 15.9 Å². The number of thioether (sulfide) groups is 1. The number of nitrogens with one attached hydrogen (secondary N) is 1. The van der Waals surface area contributed by atoms with Gasteiger partial charge in [0, 0.05) is 24.9 Å². The van der Waals surface area contributed by atoms with Crippen LogP contribution in [0.15, 0.2) is 53.7 Å². The van der Waals surface area contributed by atoms with Crippen molar-refractivity contribution >= 4 is 28.7 Å². The van der Waals surface area contributed by atoms with Crippen molar-refractivity contribution < 1.29 is 9.90 Å². The van der Waals surface area contributed by atoms with E-state index in [1.165, 1.54) is 4.90 Å². The number of hydrogen-bond acceptors (Lipinski definition) is 4. The number of aliphatic hydroxyl groups excluding tert-OH is 1. The van der Waals surface area contributed by atoms with Gasteiger partial charge in [0.15, 0.2) is 5.16 Å². The first kappa shape index (κ1) is 16.5. The number of aromatic amines is 1. The second kappa shape index (κ2) is 7.51. The molecule has 124 valence electrons. The Morgan fingerprint density at radius 2 is 1.96 bits per heavy atom. The second-order valence-electron chi connectivity index (χ2n) is 5.46. The molecule has 1 aromatic heterocycles. The largest absolute Gasteiger partial charge is 0.395 e. The molecule has 0 saturated heterocycles. The Labute approximate surface area is 144 Å². The van der Waals surface area contributed by atoms with E-state index < -0.39 is 0 Å². The van der Waals surface area contributed by atoms with Gasteiger partial charge in [0.05, 0.1) is 17.6 Å². The first-order valence-electron chi connectivity index (χ1n) is 7.71. The maximum atomic E-state index is 12.5. The third kappa shape index (κ3) is 3.60. The molecule has 1 amide bonds. The third-order valence-electron chi connectivity index (χ3n) is 3.76. The molecule has 0 fully saturated rings. The van der Waals surface area contributed by atoms with Gasteiger partial charge in [0.1, 0.15) is 0 Å². The van der Waals surface area contributed by atoms with Gasteiger partial charge in [0.25, 0.3) is 5.91 Å². The number of aliphatic hydroxyl groups is 1. The molecule has 2 N–H and O–H groups in total. The highest BCUT2D eigenvalue weighted by atomic mass is 32.2. The molecule has 24 heavy (non-hydrogen) atoms. The van der Waals surface area contributed by atoms with Crippen molar-refractivity contribution in [2.45, 2.75) is 10.9 Å². The van der Waals surface area contributed by atoms with Crippen molar-refractivity contribution in [2.75, 3.05) is 20.2 Å². The molecular weight excluding hydrogens is 322 g/mol. The smallest absolute Gasteiger partial charge is 0.253 e.